The lowest BCUT2D eigenvalue weighted by atomic mass is 9.83. The lowest BCUT2D eigenvalue weighted by molar-refractivity contribution is -0.0671. The molecule has 0 bridgehead atoms. The first-order chi connectivity index (χ1) is 18.4. The number of alkyl halides is 1. The average molecular weight is 788 g/mol. The van der Waals surface area contributed by atoms with Crippen molar-refractivity contribution in [1.82, 2.24) is 10.2 Å². The normalized spacial score (nSPS) is 18.7. The van der Waals surface area contributed by atoms with Gasteiger partial charge >= 0.3 is 0 Å². The van der Waals surface area contributed by atoms with E-state index >= 15 is 0 Å². The number of nitrogens with zero attached hydrogens (tertiary/aromatic N) is 1. The highest BCUT2D eigenvalue weighted by Crippen LogP contribution is 2.38. The Kier molecular flexibility index (Phi) is 14.8. The molecule has 1 N–H and O–H groups in total. The van der Waals surface area contributed by atoms with Gasteiger partial charge < -0.3 is 19.7 Å². The van der Waals surface area contributed by atoms with E-state index < -0.39 is 0 Å². The third-order valence-corrected chi connectivity index (χ3v) is 8.71. The second-order valence-corrected chi connectivity index (χ2v) is 14.7. The van der Waals surface area contributed by atoms with Gasteiger partial charge in [0.2, 0.25) is 0 Å². The van der Waals surface area contributed by atoms with Crippen molar-refractivity contribution in [1.29, 1.82) is 0 Å². The molecule has 0 saturated carbocycles. The fourth-order valence-corrected chi connectivity index (χ4v) is 5.51. The summed E-state index contributed by atoms with van der Waals surface area (Å²) in [5.74, 6) is -0.451. The van der Waals surface area contributed by atoms with Gasteiger partial charge in [-0.1, -0.05) is 48.6 Å². The number of ether oxygens (including phenoxy) is 2. The van der Waals surface area contributed by atoms with Gasteiger partial charge in [0, 0.05) is 37.3 Å². The molecular weight excluding hydrogens is 745 g/mol. The number of likely N-dealkylation sites (tertiary alicyclic amines) is 1. The zero-order valence-electron chi connectivity index (χ0n) is 23.9. The minimum atomic E-state index is -0.340. The van der Waals surface area contributed by atoms with Crippen LogP contribution >= 0.6 is 54.5 Å². The minimum absolute atomic E-state index is 0.222. The van der Waals surface area contributed by atoms with Crippen LogP contribution in [0.5, 0.6) is 0 Å². The highest BCUT2D eigenvalue weighted by molar-refractivity contribution is 14.1. The number of halogens is 5. The van der Waals surface area contributed by atoms with Crippen molar-refractivity contribution in [3.05, 3.63) is 68.1 Å². The van der Waals surface area contributed by atoms with Crippen molar-refractivity contribution in [3.8, 4) is 0 Å². The number of rotatable bonds is 5. The summed E-state index contributed by atoms with van der Waals surface area (Å²) in [5, 5.41) is 3.29. The zero-order valence-corrected chi connectivity index (χ0v) is 29.3. The maximum atomic E-state index is 13.7. The van der Waals surface area contributed by atoms with E-state index in [-0.39, 0.29) is 22.8 Å². The Hall–Kier alpha value is -0.170. The van der Waals surface area contributed by atoms with Crippen LogP contribution in [0, 0.1) is 11.6 Å². The maximum Gasteiger partial charge on any atom is 0.137 e. The van der Waals surface area contributed by atoms with Crippen molar-refractivity contribution in [2.45, 2.75) is 74.5 Å². The number of benzene rings is 2. The van der Waals surface area contributed by atoms with Gasteiger partial charge in [-0.25, -0.2) is 8.78 Å². The smallest absolute Gasteiger partial charge is 0.137 e. The second-order valence-electron chi connectivity index (χ2n) is 10.5. The number of piperidine rings is 2. The number of methoxy groups -OCH3 is 2. The lowest BCUT2D eigenvalue weighted by Gasteiger charge is -2.42. The predicted octanol–water partition coefficient (Wildman–Crippen LogP) is 8.58. The molecule has 2 aliphatic rings. The first kappa shape index (κ1) is 35.0. The van der Waals surface area contributed by atoms with Crippen molar-refractivity contribution in [3.63, 3.8) is 0 Å². The third-order valence-electron chi connectivity index (χ3n) is 7.42. The molecule has 4 nitrogen and oxygen atoms in total. The van der Waals surface area contributed by atoms with Crippen molar-refractivity contribution in [2.24, 2.45) is 0 Å². The molecular formula is C30H43Br2F2IN2O2. The molecule has 2 aromatic rings. The molecule has 2 saturated heterocycles. The van der Waals surface area contributed by atoms with Gasteiger partial charge in [-0.15, -0.1) is 0 Å². The fourth-order valence-electron chi connectivity index (χ4n) is 5.01. The molecule has 2 fully saturated rings. The van der Waals surface area contributed by atoms with E-state index in [1.807, 2.05) is 12.1 Å². The predicted molar refractivity (Wildman–Crippen MR) is 173 cm³/mol. The van der Waals surface area contributed by atoms with Gasteiger partial charge in [0.1, 0.15) is 11.6 Å². The molecule has 220 valence electrons. The molecule has 2 aromatic carbocycles. The highest BCUT2D eigenvalue weighted by atomic mass is 127. The Morgan fingerprint density at radius 2 is 1.18 bits per heavy atom. The van der Waals surface area contributed by atoms with Crippen LogP contribution in [0.15, 0.2) is 45.3 Å². The third kappa shape index (κ3) is 9.96. The van der Waals surface area contributed by atoms with Crippen LogP contribution in [-0.2, 0) is 20.7 Å². The molecule has 4 rings (SSSR count). The van der Waals surface area contributed by atoms with Gasteiger partial charge in [-0.05, 0) is 120 Å². The van der Waals surface area contributed by atoms with Gasteiger partial charge in [0.25, 0.3) is 0 Å². The van der Waals surface area contributed by atoms with Crippen LogP contribution in [0.25, 0.3) is 0 Å². The largest absolute Gasteiger partial charge is 0.373 e. The van der Waals surface area contributed by atoms with Crippen LogP contribution in [0.4, 0.5) is 8.78 Å². The summed E-state index contributed by atoms with van der Waals surface area (Å²) < 4.78 is 40.5. The Labute approximate surface area is 264 Å². The summed E-state index contributed by atoms with van der Waals surface area (Å²) in [7, 11) is 3.43. The number of hydrogen-bond acceptors (Lipinski definition) is 4. The van der Waals surface area contributed by atoms with E-state index in [1.165, 1.54) is 0 Å². The molecule has 0 radical (unpaired) electrons. The Balaban J connectivity index is 0.000000243. The van der Waals surface area contributed by atoms with Crippen molar-refractivity contribution >= 4 is 54.5 Å². The number of nitrogens with one attached hydrogen (secondary N) is 1. The highest BCUT2D eigenvalue weighted by Gasteiger charge is 2.37. The molecule has 2 heterocycles. The monoisotopic (exact) mass is 786 g/mol. The summed E-state index contributed by atoms with van der Waals surface area (Å²) in [4.78, 5) is 2.44. The summed E-state index contributed by atoms with van der Waals surface area (Å²) in [5.41, 5.74) is 1.20. The van der Waals surface area contributed by atoms with E-state index in [0.29, 0.717) is 15.0 Å². The van der Waals surface area contributed by atoms with E-state index in [1.54, 1.807) is 38.5 Å². The summed E-state index contributed by atoms with van der Waals surface area (Å²) in [6.07, 6.45) is 3.57. The van der Waals surface area contributed by atoms with E-state index in [9.17, 15) is 8.78 Å². The quantitative estimate of drug-likeness (QED) is 0.243. The first-order valence-corrected chi connectivity index (χ1v) is 16.3. The lowest BCUT2D eigenvalue weighted by Crippen LogP contribution is -2.46. The summed E-state index contributed by atoms with van der Waals surface area (Å²) in [6.45, 7) is 12.5. The van der Waals surface area contributed by atoms with Crippen LogP contribution in [0.2, 0.25) is 0 Å². The molecule has 0 atom stereocenters. The van der Waals surface area contributed by atoms with Gasteiger partial charge in [0.15, 0.2) is 0 Å². The fraction of sp³-hybridized carbons (Fsp3) is 0.600. The standard InChI is InChI=1S/C15H21BrFNO.C12H15BrFNO.C3H7I/c1-11(2)18-8-6-15(19-3,7-9-18)12-4-5-13(16)14(17)10-12;1-16-12(4-6-15-7-5-12)9-2-3-10(13)11(14)8-9;1-3(2)4/h4-5,10-11H,6-9H2,1-3H3;2-3,8,15H,4-7H2,1H3;3H,1-2H3. The van der Waals surface area contributed by atoms with E-state index in [2.05, 4.69) is 92.4 Å². The molecule has 9 heteroatoms. The van der Waals surface area contributed by atoms with Crippen LogP contribution < -0.4 is 5.32 Å². The van der Waals surface area contributed by atoms with Crippen molar-refractivity contribution < 1.29 is 18.3 Å². The molecule has 39 heavy (non-hydrogen) atoms. The van der Waals surface area contributed by atoms with Gasteiger partial charge in [0.05, 0.1) is 20.1 Å². The number of hydrogen-bond donors (Lipinski definition) is 1. The Morgan fingerprint density at radius 1 is 0.795 bits per heavy atom. The summed E-state index contributed by atoms with van der Waals surface area (Å²) >= 11 is 8.71. The van der Waals surface area contributed by atoms with Gasteiger partial charge in [-0.2, -0.15) is 0 Å². The topological polar surface area (TPSA) is 33.7 Å². The molecule has 2 aliphatic heterocycles. The Morgan fingerprint density at radius 3 is 1.51 bits per heavy atom. The van der Waals surface area contributed by atoms with Crippen LogP contribution in [0.3, 0.4) is 0 Å². The molecule has 0 aliphatic carbocycles. The van der Waals surface area contributed by atoms with Crippen molar-refractivity contribution in [2.75, 3.05) is 40.4 Å². The average Bonchev–Trinajstić information content (AvgIpc) is 2.92. The SMILES string of the molecule is CC(C)I.COC1(c2ccc(Br)c(F)c2)CCN(C(C)C)CC1.COC1(c2ccc(Br)c(F)c2)CCNCC1. The molecule has 0 unspecified atom stereocenters. The van der Waals surface area contributed by atoms with Gasteiger partial charge in [-0.3, -0.25) is 0 Å². The molecule has 0 aromatic heterocycles. The zero-order chi connectivity index (χ0) is 29.2. The maximum absolute atomic E-state index is 13.7. The first-order valence-electron chi connectivity index (χ1n) is 13.5. The molecule has 0 spiro atoms. The minimum Gasteiger partial charge on any atom is -0.373 e. The Bertz CT molecular complexity index is 1030. The summed E-state index contributed by atoms with van der Waals surface area (Å²) in [6, 6.07) is 11.1. The van der Waals surface area contributed by atoms with Crippen LogP contribution in [0.1, 0.15) is 64.5 Å². The van der Waals surface area contributed by atoms with E-state index in [0.717, 1.165) is 66.9 Å². The van der Waals surface area contributed by atoms with E-state index in [4.69, 9.17) is 9.47 Å². The van der Waals surface area contributed by atoms with Crippen LogP contribution in [-0.4, -0.2) is 55.3 Å². The molecule has 0 amide bonds. The second kappa shape index (κ2) is 16.5.